The van der Waals surface area contributed by atoms with Crippen molar-refractivity contribution in [3.05, 3.63) is 120 Å². The van der Waals surface area contributed by atoms with Crippen molar-refractivity contribution < 1.29 is 0 Å². The first-order valence-corrected chi connectivity index (χ1v) is 22.9. The highest BCUT2D eigenvalue weighted by Gasteiger charge is 2.19. The number of tetrazole rings is 1. The Bertz CT molecular complexity index is 2430. The molecule has 0 amide bonds. The van der Waals surface area contributed by atoms with Crippen molar-refractivity contribution in [2.45, 2.75) is 159 Å². The zero-order valence-electron chi connectivity index (χ0n) is 41.2. The molecule has 17 heteroatoms. The smallest absolute Gasteiger partial charge is 0.268 e. The molecule has 0 saturated carbocycles. The van der Waals surface area contributed by atoms with Gasteiger partial charge in [-0.25, -0.2) is 24.3 Å². The number of rotatable bonds is 9. The van der Waals surface area contributed by atoms with E-state index in [4.69, 9.17) is 18.2 Å². The highest BCUT2D eigenvalue weighted by Crippen LogP contribution is 2.30. The lowest BCUT2D eigenvalue weighted by Crippen LogP contribution is -2.05. The van der Waals surface area contributed by atoms with Crippen LogP contribution in [0.5, 0.6) is 0 Å². The summed E-state index contributed by atoms with van der Waals surface area (Å²) in [5.41, 5.74) is 7.07. The number of hydrogen-bond donors (Lipinski definition) is 0. The lowest BCUT2D eigenvalue weighted by molar-refractivity contribution is 0.514. The Labute approximate surface area is 390 Å². The molecule has 0 spiro atoms. The number of halogens is 1. The molecule has 8 rings (SSSR count). The van der Waals surface area contributed by atoms with Gasteiger partial charge in [0.1, 0.15) is 24.5 Å². The van der Waals surface area contributed by atoms with E-state index in [1.165, 1.54) is 16.9 Å². The molecule has 6 aromatic heterocycles. The minimum atomic E-state index is 0.237. The van der Waals surface area contributed by atoms with E-state index in [9.17, 15) is 0 Å². The van der Waals surface area contributed by atoms with Crippen LogP contribution in [0.3, 0.4) is 0 Å². The fraction of sp³-hybridized carbons (Fsp3) is 0.500. The third kappa shape index (κ3) is 15.8. The van der Waals surface area contributed by atoms with E-state index in [0.29, 0.717) is 41.2 Å². The van der Waals surface area contributed by atoms with Crippen molar-refractivity contribution in [1.29, 1.82) is 0 Å². The predicted octanol–water partition coefficient (Wildman–Crippen LogP) is 12.4. The summed E-state index contributed by atoms with van der Waals surface area (Å²) in [5, 5.41) is 23.0. The molecule has 0 aliphatic heterocycles. The first-order chi connectivity index (χ1) is 30.9. The van der Waals surface area contributed by atoms with Crippen molar-refractivity contribution in [2.75, 3.05) is 0 Å². The van der Waals surface area contributed by atoms with E-state index in [1.807, 2.05) is 85.7 Å². The highest BCUT2D eigenvalue weighted by atomic mass is 35.5. The molecule has 0 unspecified atom stereocenters. The number of hydrogen-bond acceptors (Lipinski definition) is 9. The highest BCUT2D eigenvalue weighted by molar-refractivity contribution is 6.31. The molecular formula is C48H71ClN16. The van der Waals surface area contributed by atoms with Gasteiger partial charge in [0.05, 0.1) is 28.9 Å². The van der Waals surface area contributed by atoms with Gasteiger partial charge in [0.25, 0.3) is 5.82 Å². The van der Waals surface area contributed by atoms with Crippen LogP contribution in [0.25, 0.3) is 26.9 Å². The summed E-state index contributed by atoms with van der Waals surface area (Å²) in [4.78, 5) is 15.8. The van der Waals surface area contributed by atoms with E-state index < -0.39 is 0 Å². The second-order valence-electron chi connectivity index (χ2n) is 17.1. The topological polar surface area (TPSA) is 150 Å². The number of benzene rings is 2. The van der Waals surface area contributed by atoms with Crippen LogP contribution in [-0.2, 0) is 6.42 Å². The van der Waals surface area contributed by atoms with Crippen LogP contribution >= 0.6 is 11.6 Å². The SMILES string of the molecule is CC(C)n1cnc2ccccc21.CC(C)n1cncn1.CC(C)n1cnnn1.CC(C)n1nnc2ccccc21.Cc1ccc(C)n1C(C)C.[C-]#[N+]c1c(Cl)nc(CCCC)n1C(C)C. The van der Waals surface area contributed by atoms with E-state index in [1.54, 1.807) is 28.3 Å². The maximum Gasteiger partial charge on any atom is 0.268 e. The summed E-state index contributed by atoms with van der Waals surface area (Å²) in [6, 6.07) is 23.0. The van der Waals surface area contributed by atoms with Crippen molar-refractivity contribution >= 4 is 39.5 Å². The summed E-state index contributed by atoms with van der Waals surface area (Å²) in [5.74, 6) is 1.40. The van der Waals surface area contributed by atoms with E-state index in [-0.39, 0.29) is 6.04 Å². The number of fused-ring (bicyclic) bond motifs is 2. The maximum absolute atomic E-state index is 7.09. The normalized spacial score (nSPS) is 10.8. The van der Waals surface area contributed by atoms with Crippen molar-refractivity contribution in [3.8, 4) is 0 Å². The molecule has 0 saturated heterocycles. The molecule has 2 aromatic carbocycles. The molecule has 65 heavy (non-hydrogen) atoms. The molecule has 16 nitrogen and oxygen atoms in total. The van der Waals surface area contributed by atoms with Gasteiger partial charge >= 0.3 is 0 Å². The Morgan fingerprint density at radius 2 is 1.25 bits per heavy atom. The van der Waals surface area contributed by atoms with Crippen LogP contribution in [0.2, 0.25) is 5.15 Å². The molecule has 350 valence electrons. The van der Waals surface area contributed by atoms with Gasteiger partial charge in [-0.3, -0.25) is 9.25 Å². The molecular weight excluding hydrogens is 836 g/mol. The van der Waals surface area contributed by atoms with Gasteiger partial charge in [0, 0.05) is 48.0 Å². The Balaban J connectivity index is 0.000000210. The molecule has 8 aromatic rings. The second kappa shape index (κ2) is 26.5. The van der Waals surface area contributed by atoms with E-state index in [0.717, 1.165) is 41.6 Å². The fourth-order valence-corrected chi connectivity index (χ4v) is 6.87. The number of imidazole rings is 2. The Kier molecular flexibility index (Phi) is 21.7. The monoisotopic (exact) mass is 907 g/mol. The van der Waals surface area contributed by atoms with Crippen molar-refractivity contribution in [2.24, 2.45) is 0 Å². The minimum Gasteiger partial charge on any atom is -0.361 e. The van der Waals surface area contributed by atoms with Gasteiger partial charge in [-0.2, -0.15) is 5.10 Å². The van der Waals surface area contributed by atoms with Crippen molar-refractivity contribution in [1.82, 2.24) is 73.6 Å². The molecule has 0 bridgehead atoms. The van der Waals surface area contributed by atoms with Crippen LogP contribution in [0.15, 0.2) is 86.0 Å². The number of unbranched alkanes of at least 4 members (excludes halogenated alkanes) is 1. The van der Waals surface area contributed by atoms with Gasteiger partial charge in [0.2, 0.25) is 0 Å². The molecule has 0 atom stereocenters. The fourth-order valence-electron chi connectivity index (χ4n) is 6.63. The molecule has 0 radical (unpaired) electrons. The largest absolute Gasteiger partial charge is 0.361 e. The van der Waals surface area contributed by atoms with Crippen LogP contribution in [-0.4, -0.2) is 73.6 Å². The van der Waals surface area contributed by atoms with Gasteiger partial charge in [-0.15, -0.1) is 10.2 Å². The zero-order chi connectivity index (χ0) is 48.2. The van der Waals surface area contributed by atoms with Crippen molar-refractivity contribution in [3.63, 3.8) is 0 Å². The van der Waals surface area contributed by atoms with E-state index >= 15 is 0 Å². The molecule has 6 heterocycles. The Hall–Kier alpha value is -6.21. The molecule has 0 N–H and O–H groups in total. The summed E-state index contributed by atoms with van der Waals surface area (Å²) in [6.45, 7) is 38.7. The van der Waals surface area contributed by atoms with Gasteiger partial charge in [-0.1, -0.05) is 61.0 Å². The zero-order valence-corrected chi connectivity index (χ0v) is 42.0. The number of aryl methyl sites for hydroxylation is 3. The summed E-state index contributed by atoms with van der Waals surface area (Å²) >= 11 is 5.93. The van der Waals surface area contributed by atoms with Crippen LogP contribution in [0.4, 0.5) is 5.82 Å². The average molecular weight is 908 g/mol. The van der Waals surface area contributed by atoms with Crippen LogP contribution in [0.1, 0.15) is 156 Å². The van der Waals surface area contributed by atoms with Crippen LogP contribution in [0, 0.1) is 20.4 Å². The third-order valence-corrected chi connectivity index (χ3v) is 10.2. The number of nitrogens with zero attached hydrogens (tertiary/aromatic N) is 16. The standard InChI is InChI=1S/C11H16ClN3.C10H12N2.C9H11N3.C9H15N.C5H9N3.C4H8N4/c1-5-6-7-9-14-10(12)11(13-4)15(9)8(2)3;1-8(2)12-7-11-9-5-3-4-6-10(9)12;1-7(2)12-9-6-4-3-5-8(9)10-11-12;1-7(2)10-8(3)5-6-9(10)4;1-5(2)8-4-6-3-7-8;1-4(2)8-3-5-6-7-8/h8H,5-7H2,1-3H3;3-8H,1-2H3;3-7H,1-2H3;5-7H,1-4H3;3-5H,1-2H3;3-4H,1-2H3. The van der Waals surface area contributed by atoms with E-state index in [2.05, 4.69) is 154 Å². The average Bonchev–Trinajstić information content (AvgIpc) is 4.13. The molecule has 0 fully saturated rings. The van der Waals surface area contributed by atoms with Crippen LogP contribution < -0.4 is 0 Å². The second-order valence-corrected chi connectivity index (χ2v) is 17.5. The summed E-state index contributed by atoms with van der Waals surface area (Å²) in [7, 11) is 0. The third-order valence-electron chi connectivity index (χ3n) is 9.90. The molecule has 0 aliphatic rings. The van der Waals surface area contributed by atoms with Gasteiger partial charge in [-0.05, 0) is 150 Å². The quantitative estimate of drug-likeness (QED) is 0.129. The lowest BCUT2D eigenvalue weighted by Gasteiger charge is -2.12. The summed E-state index contributed by atoms with van der Waals surface area (Å²) in [6.07, 6.45) is 9.85. The number of para-hydroxylation sites is 3. The minimum absolute atomic E-state index is 0.237. The van der Waals surface area contributed by atoms with Gasteiger partial charge < -0.3 is 14.0 Å². The molecule has 0 aliphatic carbocycles. The first kappa shape index (κ1) is 53.1. The Morgan fingerprint density at radius 1 is 0.646 bits per heavy atom. The van der Waals surface area contributed by atoms with Gasteiger partial charge in [0.15, 0.2) is 11.0 Å². The maximum atomic E-state index is 7.09. The predicted molar refractivity (Wildman–Crippen MR) is 263 cm³/mol. The Morgan fingerprint density at radius 3 is 1.69 bits per heavy atom. The summed E-state index contributed by atoms with van der Waals surface area (Å²) < 4.78 is 11.9. The number of aromatic nitrogens is 15. The lowest BCUT2D eigenvalue weighted by atomic mass is 10.2. The first-order valence-electron chi connectivity index (χ1n) is 22.5.